The Morgan fingerprint density at radius 1 is 1.35 bits per heavy atom. The molecule has 0 aliphatic carbocycles. The molecule has 3 N–H and O–H groups in total. The van der Waals surface area contributed by atoms with Crippen molar-refractivity contribution in [3.8, 4) is 0 Å². The molecule has 116 valence electrons. The van der Waals surface area contributed by atoms with E-state index in [1.807, 2.05) is 0 Å². The molecule has 2 heterocycles. The molecule has 7 nitrogen and oxygen atoms in total. The first kappa shape index (κ1) is 15.5. The minimum absolute atomic E-state index is 0.0606. The maximum Gasteiger partial charge on any atom is 0.410 e. The molecule has 2 aliphatic rings. The Labute approximate surface area is 119 Å². The molecule has 2 rings (SSSR count). The van der Waals surface area contributed by atoms with Crippen molar-refractivity contribution >= 4 is 15.9 Å². The van der Waals surface area contributed by atoms with Crippen LogP contribution in [-0.2, 0) is 14.6 Å². The third-order valence-electron chi connectivity index (χ3n) is 3.81. The van der Waals surface area contributed by atoms with Crippen LogP contribution in [0.4, 0.5) is 4.79 Å². The Balaban J connectivity index is 2.00. The summed E-state index contributed by atoms with van der Waals surface area (Å²) >= 11 is 0. The van der Waals surface area contributed by atoms with Crippen LogP contribution in [0.3, 0.4) is 0 Å². The van der Waals surface area contributed by atoms with Gasteiger partial charge in [-0.25, -0.2) is 13.2 Å². The van der Waals surface area contributed by atoms with Gasteiger partial charge in [-0.05, 0) is 27.2 Å². The molecule has 2 fully saturated rings. The molecule has 1 atom stereocenters. The van der Waals surface area contributed by atoms with Gasteiger partial charge >= 0.3 is 6.09 Å². The largest absolute Gasteiger partial charge is 0.444 e. The van der Waals surface area contributed by atoms with Gasteiger partial charge in [0.05, 0.1) is 17.0 Å². The molecular formula is C12H22N2O5S. The summed E-state index contributed by atoms with van der Waals surface area (Å²) in [5.74, 6) is -0.395. The van der Waals surface area contributed by atoms with E-state index in [2.05, 4.69) is 0 Å². The van der Waals surface area contributed by atoms with E-state index in [4.69, 9.17) is 10.5 Å². The summed E-state index contributed by atoms with van der Waals surface area (Å²) in [4.78, 5) is 13.2. The molecule has 0 spiro atoms. The van der Waals surface area contributed by atoms with Crippen LogP contribution in [0, 0.1) is 0 Å². The van der Waals surface area contributed by atoms with Crippen LogP contribution in [0.2, 0.25) is 0 Å². The third kappa shape index (κ3) is 2.77. The zero-order valence-corrected chi connectivity index (χ0v) is 12.9. The zero-order valence-electron chi connectivity index (χ0n) is 12.0. The van der Waals surface area contributed by atoms with Gasteiger partial charge in [-0.2, -0.15) is 0 Å². The van der Waals surface area contributed by atoms with Crippen molar-refractivity contribution in [1.82, 2.24) is 4.90 Å². The van der Waals surface area contributed by atoms with E-state index in [0.29, 0.717) is 0 Å². The quantitative estimate of drug-likeness (QED) is 0.675. The molecule has 0 aromatic heterocycles. The number of carbonyl (C=O) groups excluding carboxylic acids is 1. The second-order valence-electron chi connectivity index (χ2n) is 6.87. The molecule has 8 heteroatoms. The van der Waals surface area contributed by atoms with Crippen LogP contribution in [0.15, 0.2) is 0 Å². The summed E-state index contributed by atoms with van der Waals surface area (Å²) in [6, 6.07) is 0. The minimum Gasteiger partial charge on any atom is -0.444 e. The lowest BCUT2D eigenvalue weighted by Crippen LogP contribution is -2.79. The van der Waals surface area contributed by atoms with Gasteiger partial charge in [0.2, 0.25) is 0 Å². The number of likely N-dealkylation sites (tertiary alicyclic amines) is 1. The monoisotopic (exact) mass is 306 g/mol. The lowest BCUT2D eigenvalue weighted by molar-refractivity contribution is -0.0907. The normalized spacial score (nSPS) is 31.8. The summed E-state index contributed by atoms with van der Waals surface area (Å²) < 4.78 is 28.2. The lowest BCUT2D eigenvalue weighted by atomic mass is 9.74. The summed E-state index contributed by atoms with van der Waals surface area (Å²) in [7, 11) is -3.24. The fraction of sp³-hybridized carbons (Fsp3) is 0.917. The zero-order chi connectivity index (χ0) is 15.4. The van der Waals surface area contributed by atoms with Crippen LogP contribution in [0.1, 0.15) is 27.2 Å². The Morgan fingerprint density at radius 3 is 2.30 bits per heavy atom. The molecule has 0 radical (unpaired) electrons. The minimum atomic E-state index is -3.24. The van der Waals surface area contributed by atoms with Gasteiger partial charge in [0.1, 0.15) is 11.2 Å². The average Bonchev–Trinajstić information content (AvgIpc) is 2.46. The highest BCUT2D eigenvalue weighted by molar-refractivity contribution is 7.91. The fourth-order valence-electron chi connectivity index (χ4n) is 2.61. The topological polar surface area (TPSA) is 110 Å². The van der Waals surface area contributed by atoms with Gasteiger partial charge in [-0.1, -0.05) is 0 Å². The first-order valence-electron chi connectivity index (χ1n) is 6.56. The summed E-state index contributed by atoms with van der Waals surface area (Å²) in [5, 5.41) is 10.5. The van der Waals surface area contributed by atoms with Gasteiger partial charge in [-0.3, -0.25) is 0 Å². The molecule has 0 bridgehead atoms. The summed E-state index contributed by atoms with van der Waals surface area (Å²) in [6.07, 6.45) is -0.378. The molecule has 20 heavy (non-hydrogen) atoms. The number of rotatable bonds is 1. The Kier molecular flexibility index (Phi) is 3.35. The summed E-state index contributed by atoms with van der Waals surface area (Å²) in [5.41, 5.74) is 2.96. The molecule has 0 saturated carbocycles. The van der Waals surface area contributed by atoms with E-state index in [0.717, 1.165) is 0 Å². The van der Waals surface area contributed by atoms with Crippen LogP contribution < -0.4 is 5.73 Å². The first-order valence-corrected chi connectivity index (χ1v) is 8.38. The number of ether oxygens (including phenoxy) is 1. The predicted octanol–water partition coefficient (Wildman–Crippen LogP) is -0.516. The number of aliphatic hydroxyl groups is 1. The predicted molar refractivity (Wildman–Crippen MR) is 72.9 cm³/mol. The molecular weight excluding hydrogens is 284 g/mol. The second kappa shape index (κ2) is 4.32. The highest BCUT2D eigenvalue weighted by Gasteiger charge is 2.60. The molecule has 0 aromatic rings. The van der Waals surface area contributed by atoms with E-state index < -0.39 is 32.7 Å². The van der Waals surface area contributed by atoms with Crippen LogP contribution in [-0.4, -0.2) is 65.9 Å². The Morgan fingerprint density at radius 2 is 1.90 bits per heavy atom. The number of sulfone groups is 1. The van der Waals surface area contributed by atoms with Gasteiger partial charge in [0, 0.05) is 13.1 Å². The molecule has 1 unspecified atom stereocenters. The van der Waals surface area contributed by atoms with Gasteiger partial charge in [0.15, 0.2) is 9.84 Å². The second-order valence-corrected chi connectivity index (χ2v) is 9.05. The maximum absolute atomic E-state index is 11.8. The van der Waals surface area contributed by atoms with Crippen molar-refractivity contribution in [1.29, 1.82) is 0 Å². The number of carbonyl (C=O) groups is 1. The van der Waals surface area contributed by atoms with Crippen LogP contribution in [0.5, 0.6) is 0 Å². The van der Waals surface area contributed by atoms with Crippen molar-refractivity contribution < 1.29 is 23.1 Å². The first-order chi connectivity index (χ1) is 8.86. The smallest absolute Gasteiger partial charge is 0.410 e. The van der Waals surface area contributed by atoms with Gasteiger partial charge in [0.25, 0.3) is 0 Å². The number of hydrogen-bond donors (Lipinski definition) is 2. The van der Waals surface area contributed by atoms with Crippen LogP contribution in [0.25, 0.3) is 0 Å². The summed E-state index contributed by atoms with van der Waals surface area (Å²) in [6.45, 7) is 5.49. The molecule has 2 saturated heterocycles. The van der Waals surface area contributed by atoms with Crippen molar-refractivity contribution in [2.75, 3.05) is 24.6 Å². The van der Waals surface area contributed by atoms with E-state index in [-0.39, 0.29) is 31.0 Å². The molecule has 1 amide bonds. The highest BCUT2D eigenvalue weighted by Crippen LogP contribution is 2.38. The number of amides is 1. The third-order valence-corrected chi connectivity index (χ3v) is 5.55. The van der Waals surface area contributed by atoms with Crippen molar-refractivity contribution in [3.63, 3.8) is 0 Å². The molecule has 2 aliphatic heterocycles. The van der Waals surface area contributed by atoms with E-state index in [1.165, 1.54) is 4.90 Å². The Bertz CT molecular complexity index is 518. The van der Waals surface area contributed by atoms with Crippen molar-refractivity contribution in [2.45, 2.75) is 43.9 Å². The average molecular weight is 306 g/mol. The number of nitrogens with zero attached hydrogens (tertiary/aromatic N) is 1. The SMILES string of the molecule is CC(C)(C)OC(=O)N1CC(N)(C2(O)CCS(=O)(=O)C2)C1. The number of nitrogens with two attached hydrogens (primary N) is 1. The fourth-order valence-corrected chi connectivity index (χ4v) is 4.56. The Hall–Kier alpha value is -0.860. The van der Waals surface area contributed by atoms with Gasteiger partial charge < -0.3 is 20.5 Å². The van der Waals surface area contributed by atoms with E-state index >= 15 is 0 Å². The standard InChI is InChI=1S/C12H22N2O5S/c1-10(2,3)19-9(15)14-6-11(13,7-14)12(16)4-5-20(17,18)8-12/h16H,4-8,13H2,1-3H3. The maximum atomic E-state index is 11.8. The van der Waals surface area contributed by atoms with Crippen molar-refractivity contribution in [3.05, 3.63) is 0 Å². The van der Waals surface area contributed by atoms with E-state index in [1.54, 1.807) is 20.8 Å². The molecule has 0 aromatic carbocycles. The van der Waals surface area contributed by atoms with Crippen molar-refractivity contribution in [2.24, 2.45) is 5.73 Å². The van der Waals surface area contributed by atoms with E-state index in [9.17, 15) is 18.3 Å². The highest BCUT2D eigenvalue weighted by atomic mass is 32.2. The number of hydrogen-bond acceptors (Lipinski definition) is 6. The van der Waals surface area contributed by atoms with Gasteiger partial charge in [-0.15, -0.1) is 0 Å². The van der Waals surface area contributed by atoms with Crippen LogP contribution >= 0.6 is 0 Å². The lowest BCUT2D eigenvalue weighted by Gasteiger charge is -2.54.